The Hall–Kier alpha value is -4.08. The standard InChI is InChI=1S/C36H41N3O4S2/c1-26(2)37-36(41)34(23-29-9-7-6-8-10-29)38(24-30-15-11-27(3)12-16-30)35(40)25-39(31-17-13-28(4)14-18-31)45(42,43)33-21-19-32(44-5)20-22-33/h6-22,26,34H,23-25H2,1-5H3,(H,37,41). The molecule has 4 rings (SSSR count). The Labute approximate surface area is 271 Å². The third kappa shape index (κ3) is 8.99. The minimum atomic E-state index is -4.15. The van der Waals surface area contributed by atoms with Crippen molar-refractivity contribution in [2.75, 3.05) is 17.1 Å². The molecule has 9 heteroatoms. The van der Waals surface area contributed by atoms with Gasteiger partial charge in [-0.05, 0) is 81.5 Å². The van der Waals surface area contributed by atoms with Crippen LogP contribution in [0.2, 0.25) is 0 Å². The molecule has 236 valence electrons. The zero-order chi connectivity index (χ0) is 32.6. The fraction of sp³-hybridized carbons (Fsp3) is 0.278. The molecule has 1 N–H and O–H groups in total. The van der Waals surface area contributed by atoms with E-state index in [-0.39, 0.29) is 29.8 Å². The SMILES string of the molecule is CSc1ccc(S(=O)(=O)N(CC(=O)N(Cc2ccc(C)cc2)C(Cc2ccccc2)C(=O)NC(C)C)c2ccc(C)cc2)cc1. The van der Waals surface area contributed by atoms with Gasteiger partial charge in [0, 0.05) is 23.9 Å². The lowest BCUT2D eigenvalue weighted by Crippen LogP contribution is -2.54. The van der Waals surface area contributed by atoms with Gasteiger partial charge in [-0.1, -0.05) is 77.9 Å². The highest BCUT2D eigenvalue weighted by atomic mass is 32.2. The predicted octanol–water partition coefficient (Wildman–Crippen LogP) is 6.39. The molecule has 0 aliphatic heterocycles. The fourth-order valence-electron chi connectivity index (χ4n) is 4.94. The third-order valence-corrected chi connectivity index (χ3v) is 9.96. The van der Waals surface area contributed by atoms with Crippen LogP contribution in [0, 0.1) is 13.8 Å². The quantitative estimate of drug-likeness (QED) is 0.171. The summed E-state index contributed by atoms with van der Waals surface area (Å²) in [5.74, 6) is -0.785. The topological polar surface area (TPSA) is 86.8 Å². The summed E-state index contributed by atoms with van der Waals surface area (Å²) in [6.07, 6.45) is 2.19. The Morgan fingerprint density at radius 3 is 1.91 bits per heavy atom. The maximum atomic E-state index is 14.5. The van der Waals surface area contributed by atoms with E-state index in [1.807, 2.05) is 101 Å². The van der Waals surface area contributed by atoms with Crippen LogP contribution in [0.3, 0.4) is 0 Å². The molecule has 0 bridgehead atoms. The predicted molar refractivity (Wildman–Crippen MR) is 183 cm³/mol. The molecule has 0 fully saturated rings. The summed E-state index contributed by atoms with van der Waals surface area (Å²) in [4.78, 5) is 30.8. The highest BCUT2D eigenvalue weighted by molar-refractivity contribution is 7.98. The Kier molecular flexibility index (Phi) is 11.5. The zero-order valence-electron chi connectivity index (χ0n) is 26.4. The summed E-state index contributed by atoms with van der Waals surface area (Å²) in [6.45, 7) is 7.29. The van der Waals surface area contributed by atoms with Crippen molar-refractivity contribution in [1.29, 1.82) is 0 Å². The van der Waals surface area contributed by atoms with Crippen LogP contribution in [0.4, 0.5) is 5.69 Å². The van der Waals surface area contributed by atoms with Crippen LogP contribution >= 0.6 is 11.8 Å². The van der Waals surface area contributed by atoms with E-state index in [1.54, 1.807) is 36.4 Å². The monoisotopic (exact) mass is 643 g/mol. The molecule has 7 nitrogen and oxygen atoms in total. The smallest absolute Gasteiger partial charge is 0.264 e. The maximum Gasteiger partial charge on any atom is 0.264 e. The molecule has 1 atom stereocenters. The average molecular weight is 644 g/mol. The van der Waals surface area contributed by atoms with Crippen molar-refractivity contribution in [1.82, 2.24) is 10.2 Å². The number of benzene rings is 4. The lowest BCUT2D eigenvalue weighted by molar-refractivity contribution is -0.140. The minimum absolute atomic E-state index is 0.0807. The first kappa shape index (κ1) is 33.8. The van der Waals surface area contributed by atoms with Gasteiger partial charge in [-0.25, -0.2) is 8.42 Å². The zero-order valence-corrected chi connectivity index (χ0v) is 28.1. The molecule has 4 aromatic rings. The van der Waals surface area contributed by atoms with Crippen molar-refractivity contribution in [2.24, 2.45) is 0 Å². The summed E-state index contributed by atoms with van der Waals surface area (Å²) in [7, 11) is -4.15. The van der Waals surface area contributed by atoms with Crippen LogP contribution in [-0.2, 0) is 32.6 Å². The maximum absolute atomic E-state index is 14.5. The number of hydrogen-bond donors (Lipinski definition) is 1. The van der Waals surface area contributed by atoms with E-state index in [0.29, 0.717) is 5.69 Å². The number of nitrogens with one attached hydrogen (secondary N) is 1. The van der Waals surface area contributed by atoms with Crippen LogP contribution in [-0.4, -0.2) is 50.0 Å². The van der Waals surface area contributed by atoms with Gasteiger partial charge in [0.1, 0.15) is 12.6 Å². The Bertz CT molecular complexity index is 1670. The van der Waals surface area contributed by atoms with Gasteiger partial charge >= 0.3 is 0 Å². The molecule has 0 saturated carbocycles. The van der Waals surface area contributed by atoms with Crippen molar-refractivity contribution < 1.29 is 18.0 Å². The Morgan fingerprint density at radius 1 is 0.778 bits per heavy atom. The van der Waals surface area contributed by atoms with Crippen LogP contribution in [0.5, 0.6) is 0 Å². The second-order valence-corrected chi connectivity index (χ2v) is 14.1. The molecule has 2 amide bonds. The molecular formula is C36H41N3O4S2. The molecule has 0 aliphatic rings. The lowest BCUT2D eigenvalue weighted by Gasteiger charge is -2.34. The van der Waals surface area contributed by atoms with E-state index in [2.05, 4.69) is 5.32 Å². The number of amides is 2. The highest BCUT2D eigenvalue weighted by Crippen LogP contribution is 2.27. The van der Waals surface area contributed by atoms with E-state index >= 15 is 0 Å². The summed E-state index contributed by atoms with van der Waals surface area (Å²) in [5, 5.41) is 2.98. The second kappa shape index (κ2) is 15.3. The molecule has 0 aliphatic carbocycles. The van der Waals surface area contributed by atoms with E-state index < -0.39 is 28.5 Å². The largest absolute Gasteiger partial charge is 0.352 e. The van der Waals surface area contributed by atoms with Gasteiger partial charge in [0.2, 0.25) is 11.8 Å². The van der Waals surface area contributed by atoms with E-state index in [1.165, 1.54) is 16.7 Å². The summed E-state index contributed by atoms with van der Waals surface area (Å²) in [5.41, 5.74) is 4.12. The average Bonchev–Trinajstić information content (AvgIpc) is 3.03. The van der Waals surface area contributed by atoms with Gasteiger partial charge in [0.15, 0.2) is 0 Å². The van der Waals surface area contributed by atoms with Crippen LogP contribution < -0.4 is 9.62 Å². The number of anilines is 1. The summed E-state index contributed by atoms with van der Waals surface area (Å²) in [6, 6.07) is 29.9. The lowest BCUT2D eigenvalue weighted by atomic mass is 10.0. The van der Waals surface area contributed by atoms with Crippen molar-refractivity contribution >= 4 is 39.3 Å². The molecule has 0 radical (unpaired) electrons. The Morgan fingerprint density at radius 2 is 1.36 bits per heavy atom. The molecular weight excluding hydrogens is 603 g/mol. The summed E-state index contributed by atoms with van der Waals surface area (Å²) >= 11 is 1.51. The van der Waals surface area contributed by atoms with Gasteiger partial charge in [-0.3, -0.25) is 13.9 Å². The second-order valence-electron chi connectivity index (χ2n) is 11.4. The van der Waals surface area contributed by atoms with Gasteiger partial charge in [-0.2, -0.15) is 0 Å². The Balaban J connectivity index is 1.79. The fourth-order valence-corrected chi connectivity index (χ4v) is 6.76. The minimum Gasteiger partial charge on any atom is -0.352 e. The molecule has 45 heavy (non-hydrogen) atoms. The van der Waals surface area contributed by atoms with Crippen LogP contribution in [0.1, 0.15) is 36.1 Å². The van der Waals surface area contributed by atoms with Crippen molar-refractivity contribution in [3.8, 4) is 0 Å². The molecule has 4 aromatic carbocycles. The third-order valence-electron chi connectivity index (χ3n) is 7.42. The van der Waals surface area contributed by atoms with Crippen molar-refractivity contribution in [3.05, 3.63) is 125 Å². The van der Waals surface area contributed by atoms with E-state index in [0.717, 1.165) is 31.5 Å². The number of rotatable bonds is 13. The normalized spacial score (nSPS) is 12.0. The van der Waals surface area contributed by atoms with Crippen molar-refractivity contribution in [2.45, 2.75) is 62.5 Å². The van der Waals surface area contributed by atoms with Gasteiger partial charge in [0.25, 0.3) is 10.0 Å². The molecule has 0 heterocycles. The summed E-state index contributed by atoms with van der Waals surface area (Å²) < 4.78 is 29.5. The van der Waals surface area contributed by atoms with E-state index in [9.17, 15) is 18.0 Å². The van der Waals surface area contributed by atoms with E-state index in [4.69, 9.17) is 0 Å². The first-order chi connectivity index (χ1) is 21.5. The number of thioether (sulfide) groups is 1. The number of hydrogen-bond acceptors (Lipinski definition) is 5. The highest BCUT2D eigenvalue weighted by Gasteiger charge is 2.34. The molecule has 1 unspecified atom stereocenters. The molecule has 0 aromatic heterocycles. The van der Waals surface area contributed by atoms with Gasteiger partial charge in [-0.15, -0.1) is 11.8 Å². The van der Waals surface area contributed by atoms with Gasteiger partial charge in [0.05, 0.1) is 10.6 Å². The first-order valence-corrected chi connectivity index (χ1v) is 17.6. The van der Waals surface area contributed by atoms with Gasteiger partial charge < -0.3 is 10.2 Å². The first-order valence-electron chi connectivity index (χ1n) is 14.9. The number of sulfonamides is 1. The number of carbonyl (C=O) groups is 2. The number of aryl methyl sites for hydroxylation is 2. The molecule has 0 spiro atoms. The number of nitrogens with zero attached hydrogens (tertiary/aromatic N) is 2. The molecule has 0 saturated heterocycles. The van der Waals surface area contributed by atoms with Crippen LogP contribution in [0.15, 0.2) is 113 Å². The number of carbonyl (C=O) groups excluding carboxylic acids is 2. The van der Waals surface area contributed by atoms with Crippen molar-refractivity contribution in [3.63, 3.8) is 0 Å². The van der Waals surface area contributed by atoms with Crippen LogP contribution in [0.25, 0.3) is 0 Å².